The third kappa shape index (κ3) is 5.09. The van der Waals surface area contributed by atoms with E-state index < -0.39 is 17.4 Å². The first-order valence-electron chi connectivity index (χ1n) is 14.9. The standard InChI is InChI=1S/C29H41F3N6O2/c1-18(39)36-11-5-9-21(14-36)22-13-24(29(30,31)32)25-16-37(28(40)38(25)15-22)23-10-4-8-20(12-23)26(19-6-3-7-19)27-34-33-17-35(27)2/h13,15-16,19-21,23,26-27,33-34H,3-12,14,17H2,1-2H3/t20?,21-,23?,26+,27?/m0/s1. The molecule has 6 rings (SSSR count). The number of alkyl halides is 3. The molecule has 2 aliphatic heterocycles. The fraction of sp³-hybridized carbons (Fsp3) is 0.724. The Hall–Kier alpha value is -2.37. The molecule has 0 aromatic carbocycles. The number of fused-ring (bicyclic) bond motifs is 1. The number of imidazole rings is 1. The Morgan fingerprint density at radius 1 is 1.05 bits per heavy atom. The topological polar surface area (TPSA) is 74.0 Å². The number of piperidine rings is 1. The number of carbonyl (C=O) groups is 1. The zero-order valence-corrected chi connectivity index (χ0v) is 23.4. The summed E-state index contributed by atoms with van der Waals surface area (Å²) in [5, 5.41) is 0. The van der Waals surface area contributed by atoms with E-state index in [4.69, 9.17) is 0 Å². The summed E-state index contributed by atoms with van der Waals surface area (Å²) in [6.45, 7) is 3.26. The maximum Gasteiger partial charge on any atom is 0.418 e. The van der Waals surface area contributed by atoms with Crippen LogP contribution in [-0.2, 0) is 11.0 Å². The Morgan fingerprint density at radius 2 is 1.80 bits per heavy atom. The minimum absolute atomic E-state index is 0.0769. The van der Waals surface area contributed by atoms with E-state index in [9.17, 15) is 22.8 Å². The number of pyridine rings is 1. The molecule has 11 heteroatoms. The Labute approximate surface area is 232 Å². The van der Waals surface area contributed by atoms with Crippen LogP contribution in [0.5, 0.6) is 0 Å². The molecule has 1 amide bonds. The second kappa shape index (κ2) is 10.8. The van der Waals surface area contributed by atoms with Crippen LogP contribution in [-0.4, -0.2) is 57.6 Å². The van der Waals surface area contributed by atoms with Gasteiger partial charge in [0.15, 0.2) is 0 Å². The van der Waals surface area contributed by atoms with Gasteiger partial charge in [0.2, 0.25) is 5.91 Å². The van der Waals surface area contributed by atoms with Crippen molar-refractivity contribution in [1.29, 1.82) is 0 Å². The van der Waals surface area contributed by atoms with E-state index in [0.717, 1.165) is 38.8 Å². The first kappa shape index (κ1) is 27.8. The van der Waals surface area contributed by atoms with Gasteiger partial charge in [0.25, 0.3) is 0 Å². The third-order valence-corrected chi connectivity index (χ3v) is 10.2. The van der Waals surface area contributed by atoms with Crippen LogP contribution in [0.15, 0.2) is 23.3 Å². The molecule has 2 saturated heterocycles. The molecule has 4 fully saturated rings. The van der Waals surface area contributed by atoms with E-state index in [0.29, 0.717) is 42.8 Å². The highest BCUT2D eigenvalue weighted by Crippen LogP contribution is 2.47. The number of rotatable bonds is 5. The van der Waals surface area contributed by atoms with Gasteiger partial charge in [0, 0.05) is 44.4 Å². The minimum atomic E-state index is -4.59. The maximum atomic E-state index is 14.4. The van der Waals surface area contributed by atoms with E-state index in [2.05, 4.69) is 22.8 Å². The lowest BCUT2D eigenvalue weighted by atomic mass is 9.65. The molecule has 0 bridgehead atoms. The zero-order valence-electron chi connectivity index (χ0n) is 23.4. The van der Waals surface area contributed by atoms with E-state index in [-0.39, 0.29) is 29.5 Å². The minimum Gasteiger partial charge on any atom is -0.342 e. The summed E-state index contributed by atoms with van der Waals surface area (Å²) < 4.78 is 45.9. The lowest BCUT2D eigenvalue weighted by Crippen LogP contribution is -2.50. The molecule has 3 unspecified atom stereocenters. The molecular formula is C29H41F3N6O2. The molecule has 2 aromatic rings. The molecular weight excluding hydrogens is 521 g/mol. The van der Waals surface area contributed by atoms with Gasteiger partial charge < -0.3 is 4.90 Å². The van der Waals surface area contributed by atoms with Gasteiger partial charge in [-0.15, -0.1) is 0 Å². The molecule has 4 heterocycles. The quantitative estimate of drug-likeness (QED) is 0.568. The fourth-order valence-electron chi connectivity index (χ4n) is 7.88. The Morgan fingerprint density at radius 3 is 2.45 bits per heavy atom. The molecule has 2 saturated carbocycles. The molecule has 5 atom stereocenters. The number of nitrogens with zero attached hydrogens (tertiary/aromatic N) is 4. The first-order valence-corrected chi connectivity index (χ1v) is 14.9. The number of aromatic nitrogens is 2. The molecule has 4 aliphatic rings. The molecule has 2 aromatic heterocycles. The summed E-state index contributed by atoms with van der Waals surface area (Å²) in [5.41, 5.74) is 5.95. The van der Waals surface area contributed by atoms with Crippen LogP contribution in [0.4, 0.5) is 13.2 Å². The number of hydrazine groups is 1. The predicted molar refractivity (Wildman–Crippen MR) is 145 cm³/mol. The van der Waals surface area contributed by atoms with Gasteiger partial charge in [-0.25, -0.2) is 15.6 Å². The van der Waals surface area contributed by atoms with Crippen LogP contribution in [0.1, 0.15) is 87.8 Å². The van der Waals surface area contributed by atoms with Gasteiger partial charge in [0.05, 0.1) is 23.9 Å². The SMILES string of the molecule is CC(=O)N1CCC[C@H](c2cc(C(F)(F)F)c3cn(C4CCCC([C@@H](C5CCC5)C5NNCN5C)C4)c(=O)n3c2)C1. The normalized spacial score (nSPS) is 29.6. The monoisotopic (exact) mass is 562 g/mol. The largest absolute Gasteiger partial charge is 0.418 e. The van der Waals surface area contributed by atoms with Crippen molar-refractivity contribution in [1.82, 2.24) is 29.6 Å². The third-order valence-electron chi connectivity index (χ3n) is 10.2. The number of hydrogen-bond acceptors (Lipinski definition) is 5. The number of nitrogens with one attached hydrogen (secondary N) is 2. The van der Waals surface area contributed by atoms with E-state index in [1.165, 1.54) is 42.9 Å². The van der Waals surface area contributed by atoms with Gasteiger partial charge in [0.1, 0.15) is 0 Å². The Bertz CT molecular complexity index is 1300. The van der Waals surface area contributed by atoms with E-state index in [1.54, 1.807) is 15.7 Å². The summed E-state index contributed by atoms with van der Waals surface area (Å²) in [7, 11) is 2.12. The highest BCUT2D eigenvalue weighted by Gasteiger charge is 2.44. The van der Waals surface area contributed by atoms with Gasteiger partial charge >= 0.3 is 11.9 Å². The lowest BCUT2D eigenvalue weighted by Gasteiger charge is -2.46. The second-order valence-electron chi connectivity index (χ2n) is 12.6. The number of halogens is 3. The summed E-state index contributed by atoms with van der Waals surface area (Å²) in [5.74, 6) is 1.17. The number of likely N-dealkylation sites (tertiary alicyclic amines) is 1. The fourth-order valence-corrected chi connectivity index (χ4v) is 7.88. The smallest absolute Gasteiger partial charge is 0.342 e. The number of amides is 1. The van der Waals surface area contributed by atoms with Crippen LogP contribution in [0.3, 0.4) is 0 Å². The van der Waals surface area contributed by atoms with Gasteiger partial charge in [-0.05, 0) is 68.5 Å². The lowest BCUT2D eigenvalue weighted by molar-refractivity contribution is -0.136. The van der Waals surface area contributed by atoms with Crippen molar-refractivity contribution in [3.63, 3.8) is 0 Å². The molecule has 40 heavy (non-hydrogen) atoms. The van der Waals surface area contributed by atoms with E-state index >= 15 is 0 Å². The first-order chi connectivity index (χ1) is 19.1. The van der Waals surface area contributed by atoms with Crippen molar-refractivity contribution in [2.45, 2.75) is 89.0 Å². The molecule has 2 aliphatic carbocycles. The predicted octanol–water partition coefficient (Wildman–Crippen LogP) is 4.32. The molecule has 8 nitrogen and oxygen atoms in total. The van der Waals surface area contributed by atoms with Crippen molar-refractivity contribution in [2.75, 3.05) is 26.8 Å². The highest BCUT2D eigenvalue weighted by molar-refractivity contribution is 5.73. The summed E-state index contributed by atoms with van der Waals surface area (Å²) in [4.78, 5) is 29.7. The number of carbonyl (C=O) groups excluding carboxylic acids is 1. The average Bonchev–Trinajstić information content (AvgIpc) is 3.47. The molecule has 0 radical (unpaired) electrons. The van der Waals surface area contributed by atoms with E-state index in [1.807, 2.05) is 0 Å². The Kier molecular flexibility index (Phi) is 7.50. The van der Waals surface area contributed by atoms with Crippen molar-refractivity contribution in [2.24, 2.45) is 17.8 Å². The highest BCUT2D eigenvalue weighted by atomic mass is 19.4. The molecule has 2 N–H and O–H groups in total. The van der Waals surface area contributed by atoms with Crippen molar-refractivity contribution >= 4 is 11.4 Å². The molecule has 220 valence electrons. The van der Waals surface area contributed by atoms with Crippen LogP contribution < -0.4 is 16.5 Å². The van der Waals surface area contributed by atoms with Crippen molar-refractivity contribution < 1.29 is 18.0 Å². The van der Waals surface area contributed by atoms with Gasteiger partial charge in [-0.3, -0.25) is 18.7 Å². The zero-order chi connectivity index (χ0) is 28.2. The summed E-state index contributed by atoms with van der Waals surface area (Å²) >= 11 is 0. The summed E-state index contributed by atoms with van der Waals surface area (Å²) in [6.07, 6.45) is 7.41. The maximum absolute atomic E-state index is 14.4. The van der Waals surface area contributed by atoms with Crippen LogP contribution in [0, 0.1) is 17.8 Å². The Balaban J connectivity index is 1.34. The summed E-state index contributed by atoms with van der Waals surface area (Å²) in [6, 6.07) is 1.08. The van der Waals surface area contributed by atoms with Crippen molar-refractivity contribution in [3.8, 4) is 0 Å². The van der Waals surface area contributed by atoms with Crippen LogP contribution in [0.2, 0.25) is 0 Å². The second-order valence-corrected chi connectivity index (χ2v) is 12.6. The number of hydrogen-bond donors (Lipinski definition) is 2. The average molecular weight is 563 g/mol. The van der Waals surface area contributed by atoms with Crippen molar-refractivity contribution in [3.05, 3.63) is 40.1 Å². The molecule has 0 spiro atoms. The van der Waals surface area contributed by atoms with Crippen LogP contribution >= 0.6 is 0 Å². The van der Waals surface area contributed by atoms with Crippen LogP contribution in [0.25, 0.3) is 5.52 Å². The van der Waals surface area contributed by atoms with Gasteiger partial charge in [-0.2, -0.15) is 13.2 Å². The van der Waals surface area contributed by atoms with Gasteiger partial charge in [-0.1, -0.05) is 25.7 Å².